The Kier molecular flexibility index (Phi) is 4.21. The second-order valence-electron chi connectivity index (χ2n) is 6.33. The van der Waals surface area contributed by atoms with E-state index in [9.17, 15) is 5.11 Å². The van der Waals surface area contributed by atoms with Crippen LogP contribution in [0.1, 0.15) is 37.9 Å². The first-order valence-corrected chi connectivity index (χ1v) is 9.40. The number of hydrogen-bond acceptors (Lipinski definition) is 5. The Balaban J connectivity index is 1.86. The van der Waals surface area contributed by atoms with Crippen LogP contribution < -0.4 is 5.32 Å². The van der Waals surface area contributed by atoms with Gasteiger partial charge in [-0.05, 0) is 24.8 Å². The van der Waals surface area contributed by atoms with Gasteiger partial charge in [-0.25, -0.2) is 9.97 Å². The third-order valence-electron chi connectivity index (χ3n) is 4.53. The van der Waals surface area contributed by atoms with Crippen molar-refractivity contribution in [3.63, 3.8) is 0 Å². The van der Waals surface area contributed by atoms with Gasteiger partial charge in [0.1, 0.15) is 16.5 Å². The average molecular weight is 339 g/mol. The molecule has 124 valence electrons. The van der Waals surface area contributed by atoms with Gasteiger partial charge in [-0.1, -0.05) is 37.3 Å². The molecule has 24 heavy (non-hydrogen) atoms. The summed E-state index contributed by atoms with van der Waals surface area (Å²) in [5, 5.41) is 16.3. The van der Waals surface area contributed by atoms with Crippen LogP contribution in [0.25, 0.3) is 21.3 Å². The fraction of sp³-hybridized carbons (Fsp3) is 0.368. The number of nitrogens with zero attached hydrogens (tertiary/aromatic N) is 2. The molecular formula is C19H21N3OS. The van der Waals surface area contributed by atoms with Gasteiger partial charge in [0.25, 0.3) is 0 Å². The highest BCUT2D eigenvalue weighted by Crippen LogP contribution is 2.42. The summed E-state index contributed by atoms with van der Waals surface area (Å²) in [6.07, 6.45) is 3.21. The molecule has 4 rings (SSSR count). The normalized spacial score (nSPS) is 15.6. The summed E-state index contributed by atoms with van der Waals surface area (Å²) in [7, 11) is 0. The van der Waals surface area contributed by atoms with E-state index in [0.717, 1.165) is 33.8 Å². The van der Waals surface area contributed by atoms with Crippen LogP contribution in [-0.2, 0) is 0 Å². The lowest BCUT2D eigenvalue weighted by atomic mass is 10.1. The van der Waals surface area contributed by atoms with Crippen molar-refractivity contribution in [2.75, 3.05) is 11.9 Å². The number of hydrogen-bond donors (Lipinski definition) is 2. The van der Waals surface area contributed by atoms with E-state index >= 15 is 0 Å². The van der Waals surface area contributed by atoms with Crippen molar-refractivity contribution in [3.05, 3.63) is 41.5 Å². The molecule has 0 bridgehead atoms. The maximum Gasteiger partial charge on any atom is 0.139 e. The van der Waals surface area contributed by atoms with Crippen molar-refractivity contribution >= 4 is 27.4 Å². The lowest BCUT2D eigenvalue weighted by molar-refractivity contribution is 0.271. The molecule has 2 N–H and O–H groups in total. The second kappa shape index (κ2) is 6.49. The number of anilines is 1. The molecule has 1 atom stereocenters. The Morgan fingerprint density at radius 1 is 1.25 bits per heavy atom. The Bertz CT molecular complexity index is 838. The van der Waals surface area contributed by atoms with Gasteiger partial charge in [0.05, 0.1) is 18.0 Å². The summed E-state index contributed by atoms with van der Waals surface area (Å²) in [6.45, 7) is 2.17. The van der Waals surface area contributed by atoms with E-state index in [0.29, 0.717) is 5.92 Å². The number of aromatic nitrogens is 2. The Labute approximate surface area is 145 Å². The molecule has 0 saturated heterocycles. The van der Waals surface area contributed by atoms with Crippen LogP contribution in [0.5, 0.6) is 0 Å². The van der Waals surface area contributed by atoms with E-state index in [4.69, 9.17) is 9.97 Å². The van der Waals surface area contributed by atoms with Crippen LogP contribution in [0.15, 0.2) is 35.7 Å². The van der Waals surface area contributed by atoms with E-state index in [1.165, 1.54) is 18.4 Å². The van der Waals surface area contributed by atoms with Gasteiger partial charge in [-0.15, -0.1) is 11.3 Å². The summed E-state index contributed by atoms with van der Waals surface area (Å²) in [5.74, 6) is 2.31. The van der Waals surface area contributed by atoms with Crippen molar-refractivity contribution in [1.29, 1.82) is 0 Å². The third kappa shape index (κ3) is 2.89. The highest BCUT2D eigenvalue weighted by molar-refractivity contribution is 7.17. The molecule has 0 aliphatic heterocycles. The summed E-state index contributed by atoms with van der Waals surface area (Å²) in [6, 6.07) is 10.4. The van der Waals surface area contributed by atoms with Crippen LogP contribution in [-0.4, -0.2) is 27.7 Å². The van der Waals surface area contributed by atoms with Crippen LogP contribution in [0.4, 0.5) is 5.82 Å². The number of benzene rings is 1. The standard InChI is InChI=1S/C19H21N3OS/c1-2-14(10-23)20-18-16-15(12-6-4-3-5-7-12)11-24-19(16)22-17(21-18)13-8-9-13/h3-7,11,13-14,23H,2,8-10H2,1H3,(H,20,21,22)/t14-/m0/s1. The van der Waals surface area contributed by atoms with E-state index in [1.807, 2.05) is 18.2 Å². The van der Waals surface area contributed by atoms with Gasteiger partial charge in [0, 0.05) is 16.9 Å². The summed E-state index contributed by atoms with van der Waals surface area (Å²) >= 11 is 1.67. The molecule has 2 heterocycles. The third-order valence-corrected chi connectivity index (χ3v) is 5.40. The van der Waals surface area contributed by atoms with Gasteiger partial charge in [0.15, 0.2) is 0 Å². The van der Waals surface area contributed by atoms with Gasteiger partial charge >= 0.3 is 0 Å². The lowest BCUT2D eigenvalue weighted by Gasteiger charge is -2.17. The number of rotatable bonds is 6. The predicted molar refractivity (Wildman–Crippen MR) is 99.6 cm³/mol. The summed E-state index contributed by atoms with van der Waals surface area (Å²) in [5.41, 5.74) is 2.33. The number of aliphatic hydroxyl groups excluding tert-OH is 1. The first-order valence-electron chi connectivity index (χ1n) is 8.52. The topological polar surface area (TPSA) is 58.0 Å². The van der Waals surface area contributed by atoms with Gasteiger partial charge in [-0.3, -0.25) is 0 Å². The molecule has 1 fully saturated rings. The van der Waals surface area contributed by atoms with Gasteiger partial charge in [-0.2, -0.15) is 0 Å². The molecule has 0 amide bonds. The summed E-state index contributed by atoms with van der Waals surface area (Å²) in [4.78, 5) is 10.7. The molecule has 1 aliphatic rings. The maximum atomic E-state index is 9.58. The zero-order valence-corrected chi connectivity index (χ0v) is 14.5. The molecule has 1 aliphatic carbocycles. The molecule has 0 spiro atoms. The van der Waals surface area contributed by atoms with Crippen LogP contribution >= 0.6 is 11.3 Å². The molecular weight excluding hydrogens is 318 g/mol. The number of nitrogens with one attached hydrogen (secondary N) is 1. The van der Waals surface area contributed by atoms with Crippen molar-refractivity contribution in [2.45, 2.75) is 38.1 Å². The SMILES string of the molecule is CC[C@@H](CO)Nc1nc(C2CC2)nc2scc(-c3ccccc3)c12. The molecule has 5 heteroatoms. The molecule has 2 aromatic heterocycles. The van der Waals surface area contributed by atoms with Gasteiger partial charge < -0.3 is 10.4 Å². The van der Waals surface area contributed by atoms with Crippen molar-refractivity contribution in [2.24, 2.45) is 0 Å². The van der Waals surface area contributed by atoms with E-state index in [1.54, 1.807) is 11.3 Å². The van der Waals surface area contributed by atoms with E-state index in [2.05, 4.69) is 29.8 Å². The highest BCUT2D eigenvalue weighted by Gasteiger charge is 2.28. The molecule has 1 aromatic carbocycles. The lowest BCUT2D eigenvalue weighted by Crippen LogP contribution is -2.23. The van der Waals surface area contributed by atoms with Crippen LogP contribution in [0, 0.1) is 0 Å². The first-order chi connectivity index (χ1) is 11.8. The minimum Gasteiger partial charge on any atom is -0.394 e. The van der Waals surface area contributed by atoms with E-state index < -0.39 is 0 Å². The fourth-order valence-electron chi connectivity index (χ4n) is 2.89. The highest BCUT2D eigenvalue weighted by atomic mass is 32.1. The quantitative estimate of drug-likeness (QED) is 0.698. The second-order valence-corrected chi connectivity index (χ2v) is 7.19. The molecule has 1 saturated carbocycles. The predicted octanol–water partition coefficient (Wildman–Crippen LogP) is 4.42. The molecule has 0 radical (unpaired) electrons. The number of fused-ring (bicyclic) bond motifs is 1. The first kappa shape index (κ1) is 15.5. The Hall–Kier alpha value is -1.98. The molecule has 3 aromatic rings. The van der Waals surface area contributed by atoms with Crippen molar-refractivity contribution < 1.29 is 5.11 Å². The monoisotopic (exact) mass is 339 g/mol. The molecule has 0 unspecified atom stereocenters. The Morgan fingerprint density at radius 3 is 2.71 bits per heavy atom. The van der Waals surface area contributed by atoms with E-state index in [-0.39, 0.29) is 12.6 Å². The van der Waals surface area contributed by atoms with Crippen LogP contribution in [0.3, 0.4) is 0 Å². The maximum absolute atomic E-state index is 9.58. The van der Waals surface area contributed by atoms with Crippen molar-refractivity contribution in [1.82, 2.24) is 9.97 Å². The van der Waals surface area contributed by atoms with Crippen molar-refractivity contribution in [3.8, 4) is 11.1 Å². The zero-order chi connectivity index (χ0) is 16.5. The smallest absolute Gasteiger partial charge is 0.139 e. The van der Waals surface area contributed by atoms with Crippen LogP contribution in [0.2, 0.25) is 0 Å². The zero-order valence-electron chi connectivity index (χ0n) is 13.7. The molecule has 4 nitrogen and oxygen atoms in total. The average Bonchev–Trinajstić information content (AvgIpc) is 3.39. The summed E-state index contributed by atoms with van der Waals surface area (Å²) < 4.78 is 0. The largest absolute Gasteiger partial charge is 0.394 e. The number of thiophene rings is 1. The minimum absolute atomic E-state index is 0.0127. The minimum atomic E-state index is 0.0127. The fourth-order valence-corrected chi connectivity index (χ4v) is 3.84. The van der Waals surface area contributed by atoms with Gasteiger partial charge in [0.2, 0.25) is 0 Å². The Morgan fingerprint density at radius 2 is 2.04 bits per heavy atom. The number of aliphatic hydroxyl groups is 1.